The number of hydrogen-bond donors (Lipinski definition) is 2. The molecular weight excluding hydrogens is 250 g/mol. The van der Waals surface area contributed by atoms with Crippen molar-refractivity contribution in [3.8, 4) is 5.75 Å². The molecule has 0 aromatic heterocycles. The van der Waals surface area contributed by atoms with Crippen LogP contribution in [0.1, 0.15) is 31.9 Å². The Morgan fingerprint density at radius 2 is 2.06 bits per heavy atom. The molecule has 0 saturated carbocycles. The van der Waals surface area contributed by atoms with Crippen LogP contribution in [0.4, 0.5) is 0 Å². The highest BCUT2D eigenvalue weighted by Gasteiger charge is 2.23. The van der Waals surface area contributed by atoms with Gasteiger partial charge in [-0.3, -0.25) is 0 Å². The molecule has 0 aliphatic heterocycles. The van der Waals surface area contributed by atoms with Crippen LogP contribution in [0.25, 0.3) is 0 Å². The molecule has 2 unspecified atom stereocenters. The molecule has 0 amide bonds. The van der Waals surface area contributed by atoms with Crippen LogP contribution in [0.5, 0.6) is 5.75 Å². The highest BCUT2D eigenvalue weighted by molar-refractivity contribution is 6.30. The van der Waals surface area contributed by atoms with Gasteiger partial charge < -0.3 is 15.6 Å². The third kappa shape index (κ3) is 3.87. The first-order valence-corrected chi connectivity index (χ1v) is 6.59. The summed E-state index contributed by atoms with van der Waals surface area (Å²) in [6.45, 7) is 4.69. The SMILES string of the molecule is COc1cc(Cl)ccc1C(O)C(CN)CC(C)C. The van der Waals surface area contributed by atoms with Gasteiger partial charge in [-0.1, -0.05) is 31.5 Å². The highest BCUT2D eigenvalue weighted by atomic mass is 35.5. The minimum atomic E-state index is -0.621. The number of hydrogen-bond acceptors (Lipinski definition) is 3. The number of methoxy groups -OCH3 is 1. The fourth-order valence-electron chi connectivity index (χ4n) is 2.14. The molecule has 0 bridgehead atoms. The number of aliphatic hydroxyl groups excluding tert-OH is 1. The molecule has 0 heterocycles. The minimum absolute atomic E-state index is 0.0278. The summed E-state index contributed by atoms with van der Waals surface area (Å²) in [6, 6.07) is 5.27. The van der Waals surface area contributed by atoms with E-state index < -0.39 is 6.10 Å². The van der Waals surface area contributed by atoms with Crippen molar-refractivity contribution in [2.45, 2.75) is 26.4 Å². The van der Waals surface area contributed by atoms with Gasteiger partial charge in [0.05, 0.1) is 13.2 Å². The van der Waals surface area contributed by atoms with E-state index in [-0.39, 0.29) is 5.92 Å². The van der Waals surface area contributed by atoms with Gasteiger partial charge in [-0.25, -0.2) is 0 Å². The Morgan fingerprint density at radius 3 is 2.56 bits per heavy atom. The lowest BCUT2D eigenvalue weighted by Crippen LogP contribution is -2.24. The molecule has 102 valence electrons. The minimum Gasteiger partial charge on any atom is -0.496 e. The summed E-state index contributed by atoms with van der Waals surface area (Å²) in [7, 11) is 1.57. The third-order valence-corrected chi connectivity index (χ3v) is 3.27. The highest BCUT2D eigenvalue weighted by Crippen LogP contribution is 2.34. The number of ether oxygens (including phenoxy) is 1. The maximum absolute atomic E-state index is 10.4. The van der Waals surface area contributed by atoms with E-state index in [1.165, 1.54) is 0 Å². The summed E-state index contributed by atoms with van der Waals surface area (Å²) in [5.41, 5.74) is 6.50. The average Bonchev–Trinajstić information content (AvgIpc) is 2.34. The van der Waals surface area contributed by atoms with Crippen LogP contribution in [0.2, 0.25) is 5.02 Å². The molecular formula is C14H22ClNO2. The van der Waals surface area contributed by atoms with E-state index >= 15 is 0 Å². The quantitative estimate of drug-likeness (QED) is 0.836. The van der Waals surface area contributed by atoms with Gasteiger partial charge in [-0.2, -0.15) is 0 Å². The van der Waals surface area contributed by atoms with E-state index in [4.69, 9.17) is 22.1 Å². The number of benzene rings is 1. The summed E-state index contributed by atoms with van der Waals surface area (Å²) in [4.78, 5) is 0. The first-order chi connectivity index (χ1) is 8.49. The standard InChI is InChI=1S/C14H22ClNO2/c1-9(2)6-10(8-16)14(17)12-5-4-11(15)7-13(12)18-3/h4-5,7,9-10,14,17H,6,8,16H2,1-3H3. The lowest BCUT2D eigenvalue weighted by Gasteiger charge is -2.24. The van der Waals surface area contributed by atoms with Gasteiger partial charge in [0, 0.05) is 16.5 Å². The molecule has 0 aliphatic rings. The van der Waals surface area contributed by atoms with Crippen molar-refractivity contribution < 1.29 is 9.84 Å². The van der Waals surface area contributed by atoms with Crippen LogP contribution in [0, 0.1) is 11.8 Å². The lowest BCUT2D eigenvalue weighted by molar-refractivity contribution is 0.0968. The van der Waals surface area contributed by atoms with Crippen LogP contribution < -0.4 is 10.5 Å². The van der Waals surface area contributed by atoms with Crippen LogP contribution in [-0.2, 0) is 0 Å². The zero-order valence-electron chi connectivity index (χ0n) is 11.2. The Hall–Kier alpha value is -0.770. The normalized spacial score (nSPS) is 14.6. The molecule has 1 aromatic rings. The van der Waals surface area contributed by atoms with Gasteiger partial charge in [0.15, 0.2) is 0 Å². The van der Waals surface area contributed by atoms with E-state index in [0.717, 1.165) is 12.0 Å². The van der Waals surface area contributed by atoms with Crippen molar-refractivity contribution in [1.82, 2.24) is 0 Å². The Morgan fingerprint density at radius 1 is 1.39 bits per heavy atom. The summed E-state index contributed by atoms with van der Waals surface area (Å²) >= 11 is 5.91. The topological polar surface area (TPSA) is 55.5 Å². The first-order valence-electron chi connectivity index (χ1n) is 6.21. The van der Waals surface area contributed by atoms with Gasteiger partial charge in [-0.05, 0) is 31.0 Å². The van der Waals surface area contributed by atoms with Gasteiger partial charge in [0.2, 0.25) is 0 Å². The molecule has 1 rings (SSSR count). The van der Waals surface area contributed by atoms with Crippen LogP contribution >= 0.6 is 11.6 Å². The van der Waals surface area contributed by atoms with E-state index in [1.54, 1.807) is 25.3 Å². The maximum atomic E-state index is 10.4. The average molecular weight is 272 g/mol. The first kappa shape index (κ1) is 15.3. The molecule has 0 spiro atoms. The molecule has 1 aromatic carbocycles. The molecule has 2 atom stereocenters. The monoisotopic (exact) mass is 271 g/mol. The van der Waals surface area contributed by atoms with Crippen molar-refractivity contribution in [3.05, 3.63) is 28.8 Å². The molecule has 0 aliphatic carbocycles. The number of halogens is 1. The second kappa shape index (κ2) is 6.98. The number of nitrogens with two attached hydrogens (primary N) is 1. The van der Waals surface area contributed by atoms with Crippen molar-refractivity contribution in [2.75, 3.05) is 13.7 Å². The molecule has 0 radical (unpaired) electrons. The van der Waals surface area contributed by atoms with E-state index in [0.29, 0.717) is 23.2 Å². The van der Waals surface area contributed by atoms with Gasteiger partial charge in [-0.15, -0.1) is 0 Å². The predicted molar refractivity (Wildman–Crippen MR) is 75.0 cm³/mol. The summed E-state index contributed by atoms with van der Waals surface area (Å²) in [5.74, 6) is 1.13. The molecule has 4 heteroatoms. The maximum Gasteiger partial charge on any atom is 0.126 e. The molecule has 3 N–H and O–H groups in total. The van der Waals surface area contributed by atoms with E-state index in [9.17, 15) is 5.11 Å². The van der Waals surface area contributed by atoms with Crippen molar-refractivity contribution >= 4 is 11.6 Å². The van der Waals surface area contributed by atoms with E-state index in [1.807, 2.05) is 0 Å². The smallest absolute Gasteiger partial charge is 0.126 e. The molecule has 18 heavy (non-hydrogen) atoms. The fraction of sp³-hybridized carbons (Fsp3) is 0.571. The van der Waals surface area contributed by atoms with Gasteiger partial charge >= 0.3 is 0 Å². The largest absolute Gasteiger partial charge is 0.496 e. The Kier molecular flexibility index (Phi) is 5.93. The second-order valence-electron chi connectivity index (χ2n) is 4.96. The molecule has 0 saturated heterocycles. The second-order valence-corrected chi connectivity index (χ2v) is 5.39. The zero-order chi connectivity index (χ0) is 13.7. The van der Waals surface area contributed by atoms with Gasteiger partial charge in [0.1, 0.15) is 5.75 Å². The number of rotatable bonds is 6. The van der Waals surface area contributed by atoms with Crippen LogP contribution in [0.15, 0.2) is 18.2 Å². The third-order valence-electron chi connectivity index (χ3n) is 3.04. The molecule has 0 fully saturated rings. The number of aliphatic hydroxyl groups is 1. The Labute approximate surface area is 114 Å². The summed E-state index contributed by atoms with van der Waals surface area (Å²) in [5, 5.41) is 11.0. The summed E-state index contributed by atoms with van der Waals surface area (Å²) < 4.78 is 5.26. The Balaban J connectivity index is 2.97. The van der Waals surface area contributed by atoms with Gasteiger partial charge in [0.25, 0.3) is 0 Å². The zero-order valence-corrected chi connectivity index (χ0v) is 11.9. The van der Waals surface area contributed by atoms with Crippen LogP contribution in [0.3, 0.4) is 0 Å². The lowest BCUT2D eigenvalue weighted by atomic mass is 9.88. The molecule has 3 nitrogen and oxygen atoms in total. The van der Waals surface area contributed by atoms with Crippen molar-refractivity contribution in [1.29, 1.82) is 0 Å². The van der Waals surface area contributed by atoms with E-state index in [2.05, 4.69) is 13.8 Å². The predicted octanol–water partition coefficient (Wildman–Crippen LogP) is 3.00. The van der Waals surface area contributed by atoms with Crippen molar-refractivity contribution in [3.63, 3.8) is 0 Å². The van der Waals surface area contributed by atoms with Crippen LogP contribution in [-0.4, -0.2) is 18.8 Å². The fourth-order valence-corrected chi connectivity index (χ4v) is 2.30. The Bertz CT molecular complexity index is 382. The summed E-state index contributed by atoms with van der Waals surface area (Å²) in [6.07, 6.45) is 0.258. The van der Waals surface area contributed by atoms with Crippen molar-refractivity contribution in [2.24, 2.45) is 17.6 Å².